The number of H-pyrrole nitrogens is 1. The lowest BCUT2D eigenvalue weighted by atomic mass is 9.94. The molecule has 0 aliphatic heterocycles. The average Bonchev–Trinajstić information content (AvgIpc) is 3.17. The molecule has 0 atom stereocenters. The van der Waals surface area contributed by atoms with E-state index in [0.29, 0.717) is 11.5 Å². The van der Waals surface area contributed by atoms with Gasteiger partial charge in [0.1, 0.15) is 0 Å². The van der Waals surface area contributed by atoms with Crippen molar-refractivity contribution in [2.75, 3.05) is 5.32 Å². The van der Waals surface area contributed by atoms with Crippen LogP contribution in [0.3, 0.4) is 0 Å². The fourth-order valence-electron chi connectivity index (χ4n) is 3.61. The van der Waals surface area contributed by atoms with Crippen LogP contribution in [0.2, 0.25) is 0 Å². The monoisotopic (exact) mass is 382 g/mol. The zero-order valence-corrected chi connectivity index (χ0v) is 16.4. The minimum Gasteiger partial charge on any atom is -0.324 e. The number of aryl methyl sites for hydroxylation is 2. The van der Waals surface area contributed by atoms with Crippen molar-refractivity contribution in [3.8, 4) is 11.3 Å². The number of carbonyl (C=O) groups is 1. The van der Waals surface area contributed by atoms with E-state index in [4.69, 9.17) is 0 Å². The first-order chi connectivity index (χ1) is 14.1. The third kappa shape index (κ3) is 4.24. The Bertz CT molecular complexity index is 1110. The number of imidazole rings is 1. The number of carbonyl (C=O) groups excluding carboxylic acids is 1. The molecule has 2 aromatic carbocycles. The molecule has 2 N–H and O–H groups in total. The first-order valence-corrected chi connectivity index (χ1v) is 9.51. The van der Waals surface area contributed by atoms with Crippen molar-refractivity contribution in [1.82, 2.24) is 15.0 Å². The molecule has 0 fully saturated rings. The van der Waals surface area contributed by atoms with Crippen LogP contribution < -0.4 is 5.32 Å². The quantitative estimate of drug-likeness (QED) is 0.514. The van der Waals surface area contributed by atoms with Crippen molar-refractivity contribution in [1.29, 1.82) is 0 Å². The number of benzene rings is 2. The standard InChI is InChI=1S/C24H22N4O/c1-16-12-19(14-18-6-4-3-5-7-18)13-17(2)22(16)21-15-26-24(27-21)28-23(29)20-8-10-25-11-9-20/h3-13,15H,14H2,1-2H3,(H2,26,27,28,29). The predicted octanol–water partition coefficient (Wildman–Crippen LogP) is 4.93. The minimum atomic E-state index is -0.222. The van der Waals surface area contributed by atoms with Gasteiger partial charge in [0.2, 0.25) is 5.95 Å². The van der Waals surface area contributed by atoms with E-state index in [1.54, 1.807) is 30.7 Å². The summed E-state index contributed by atoms with van der Waals surface area (Å²) in [5, 5.41) is 2.80. The van der Waals surface area contributed by atoms with Gasteiger partial charge in [-0.05, 0) is 54.7 Å². The first kappa shape index (κ1) is 18.6. The zero-order valence-electron chi connectivity index (χ0n) is 16.4. The molecule has 5 heteroatoms. The first-order valence-electron chi connectivity index (χ1n) is 9.51. The number of nitrogens with zero attached hydrogens (tertiary/aromatic N) is 2. The molecule has 0 aliphatic rings. The SMILES string of the molecule is Cc1cc(Cc2ccccc2)cc(C)c1-c1cnc(NC(=O)c2ccncc2)[nH]1. The topological polar surface area (TPSA) is 70.7 Å². The molecule has 0 radical (unpaired) electrons. The molecule has 0 aliphatic carbocycles. The van der Waals surface area contributed by atoms with Crippen LogP contribution in [-0.2, 0) is 6.42 Å². The van der Waals surface area contributed by atoms with Gasteiger partial charge in [0.05, 0.1) is 11.9 Å². The second-order valence-corrected chi connectivity index (χ2v) is 7.10. The number of hydrogen-bond acceptors (Lipinski definition) is 3. The van der Waals surface area contributed by atoms with Crippen molar-refractivity contribution in [3.63, 3.8) is 0 Å². The molecule has 29 heavy (non-hydrogen) atoms. The molecule has 0 spiro atoms. The summed E-state index contributed by atoms with van der Waals surface area (Å²) in [5.74, 6) is 0.203. The van der Waals surface area contributed by atoms with Crippen LogP contribution in [0.25, 0.3) is 11.3 Å². The van der Waals surface area contributed by atoms with E-state index in [1.165, 1.54) is 22.3 Å². The Labute approximate surface area is 169 Å². The Morgan fingerprint density at radius 3 is 2.34 bits per heavy atom. The molecule has 144 valence electrons. The fourth-order valence-corrected chi connectivity index (χ4v) is 3.61. The van der Waals surface area contributed by atoms with Gasteiger partial charge in [-0.2, -0.15) is 0 Å². The van der Waals surface area contributed by atoms with E-state index in [1.807, 2.05) is 6.07 Å². The van der Waals surface area contributed by atoms with Crippen molar-refractivity contribution in [2.45, 2.75) is 20.3 Å². The summed E-state index contributed by atoms with van der Waals surface area (Å²) in [6, 6.07) is 18.2. The number of pyridine rings is 1. The molecule has 2 heterocycles. The highest BCUT2D eigenvalue weighted by molar-refractivity contribution is 6.03. The van der Waals surface area contributed by atoms with Gasteiger partial charge < -0.3 is 4.98 Å². The van der Waals surface area contributed by atoms with Gasteiger partial charge in [-0.15, -0.1) is 0 Å². The number of rotatable bonds is 5. The normalized spacial score (nSPS) is 10.7. The molecule has 0 saturated carbocycles. The molecule has 2 aromatic heterocycles. The Morgan fingerprint density at radius 1 is 0.966 bits per heavy atom. The van der Waals surface area contributed by atoms with Gasteiger partial charge in [0.15, 0.2) is 0 Å². The van der Waals surface area contributed by atoms with E-state index in [2.05, 4.69) is 70.5 Å². The number of aromatic nitrogens is 3. The molecule has 5 nitrogen and oxygen atoms in total. The van der Waals surface area contributed by atoms with Crippen molar-refractivity contribution in [2.24, 2.45) is 0 Å². The van der Waals surface area contributed by atoms with E-state index < -0.39 is 0 Å². The minimum absolute atomic E-state index is 0.222. The van der Waals surface area contributed by atoms with E-state index in [0.717, 1.165) is 17.7 Å². The van der Waals surface area contributed by atoms with E-state index in [-0.39, 0.29) is 5.91 Å². The van der Waals surface area contributed by atoms with E-state index in [9.17, 15) is 4.79 Å². The third-order valence-corrected chi connectivity index (χ3v) is 4.86. The van der Waals surface area contributed by atoms with Gasteiger partial charge >= 0.3 is 0 Å². The highest BCUT2D eigenvalue weighted by Crippen LogP contribution is 2.28. The second-order valence-electron chi connectivity index (χ2n) is 7.10. The van der Waals surface area contributed by atoms with Crippen LogP contribution in [0.15, 0.2) is 73.2 Å². The number of anilines is 1. The van der Waals surface area contributed by atoms with Crippen molar-refractivity contribution >= 4 is 11.9 Å². The van der Waals surface area contributed by atoms with Gasteiger partial charge in [-0.3, -0.25) is 15.1 Å². The fraction of sp³-hybridized carbons (Fsp3) is 0.125. The smallest absolute Gasteiger partial charge is 0.258 e. The second kappa shape index (κ2) is 8.10. The van der Waals surface area contributed by atoms with Crippen LogP contribution in [-0.4, -0.2) is 20.9 Å². The lowest BCUT2D eigenvalue weighted by Crippen LogP contribution is -2.12. The zero-order chi connectivity index (χ0) is 20.2. The molecule has 0 bridgehead atoms. The lowest BCUT2D eigenvalue weighted by Gasteiger charge is -2.12. The van der Waals surface area contributed by atoms with E-state index >= 15 is 0 Å². The van der Waals surface area contributed by atoms with Crippen molar-refractivity contribution in [3.05, 3.63) is 101 Å². The summed E-state index contributed by atoms with van der Waals surface area (Å²) in [4.78, 5) is 23.8. The Morgan fingerprint density at radius 2 is 1.66 bits per heavy atom. The summed E-state index contributed by atoms with van der Waals surface area (Å²) >= 11 is 0. The van der Waals surface area contributed by atoms with Crippen LogP contribution in [0.1, 0.15) is 32.6 Å². The third-order valence-electron chi connectivity index (χ3n) is 4.86. The summed E-state index contributed by atoms with van der Waals surface area (Å²) in [6.07, 6.45) is 5.84. The van der Waals surface area contributed by atoms with Gasteiger partial charge in [0, 0.05) is 23.5 Å². The summed E-state index contributed by atoms with van der Waals surface area (Å²) in [6.45, 7) is 4.21. The van der Waals surface area contributed by atoms with Crippen molar-refractivity contribution < 1.29 is 4.79 Å². The van der Waals surface area contributed by atoms with Gasteiger partial charge in [0.25, 0.3) is 5.91 Å². The van der Waals surface area contributed by atoms with Gasteiger partial charge in [-0.1, -0.05) is 42.5 Å². The summed E-state index contributed by atoms with van der Waals surface area (Å²) in [7, 11) is 0. The van der Waals surface area contributed by atoms with Crippen LogP contribution >= 0.6 is 0 Å². The highest BCUT2D eigenvalue weighted by atomic mass is 16.1. The molecule has 1 amide bonds. The Balaban J connectivity index is 1.55. The van der Waals surface area contributed by atoms with Crippen LogP contribution in [0.4, 0.5) is 5.95 Å². The molecular weight excluding hydrogens is 360 g/mol. The lowest BCUT2D eigenvalue weighted by molar-refractivity contribution is 0.102. The summed E-state index contributed by atoms with van der Waals surface area (Å²) < 4.78 is 0. The molecule has 0 unspecified atom stereocenters. The molecule has 4 rings (SSSR count). The maximum Gasteiger partial charge on any atom is 0.258 e. The maximum atomic E-state index is 12.3. The number of aromatic amines is 1. The molecular formula is C24H22N4O. The highest BCUT2D eigenvalue weighted by Gasteiger charge is 2.13. The van der Waals surface area contributed by atoms with Gasteiger partial charge in [-0.25, -0.2) is 4.98 Å². The average molecular weight is 382 g/mol. The predicted molar refractivity (Wildman–Crippen MR) is 115 cm³/mol. The number of hydrogen-bond donors (Lipinski definition) is 2. The molecule has 4 aromatic rings. The number of nitrogens with one attached hydrogen (secondary N) is 2. The number of amides is 1. The maximum absolute atomic E-state index is 12.3. The summed E-state index contributed by atoms with van der Waals surface area (Å²) in [5.41, 5.74) is 7.45. The van der Waals surface area contributed by atoms with Crippen LogP contribution in [0, 0.1) is 13.8 Å². The largest absolute Gasteiger partial charge is 0.324 e. The Hall–Kier alpha value is -3.73. The molecule has 0 saturated heterocycles. The Kier molecular flexibility index (Phi) is 5.20. The van der Waals surface area contributed by atoms with Crippen LogP contribution in [0.5, 0.6) is 0 Å².